The first kappa shape index (κ1) is 10.4. The van der Waals surface area contributed by atoms with Crippen molar-refractivity contribution < 1.29 is 14.6 Å². The minimum atomic E-state index is -0.403. The number of benzene rings is 1. The first-order valence-corrected chi connectivity index (χ1v) is 4.96. The van der Waals surface area contributed by atoms with Crippen molar-refractivity contribution in [1.29, 1.82) is 0 Å². The molecule has 2 rings (SSSR count). The number of hydrogen-bond acceptors (Lipinski definition) is 4. The Morgan fingerprint density at radius 2 is 2.25 bits per heavy atom. The number of pyridine rings is 1. The Balaban J connectivity index is 2.46. The minimum Gasteiger partial charge on any atom is -0.508 e. The summed E-state index contributed by atoms with van der Waals surface area (Å²) < 4.78 is 4.87. The second-order valence-corrected chi connectivity index (χ2v) is 3.32. The minimum absolute atomic E-state index is 0.148. The molecule has 82 valence electrons. The van der Waals surface area contributed by atoms with Gasteiger partial charge in [-0.1, -0.05) is 0 Å². The van der Waals surface area contributed by atoms with Gasteiger partial charge in [0.25, 0.3) is 0 Å². The van der Waals surface area contributed by atoms with E-state index in [4.69, 9.17) is 4.74 Å². The molecule has 1 N–H and O–H groups in total. The largest absolute Gasteiger partial charge is 0.508 e. The van der Waals surface area contributed by atoms with Crippen molar-refractivity contribution in [2.45, 2.75) is 6.92 Å². The van der Waals surface area contributed by atoms with E-state index in [-0.39, 0.29) is 5.75 Å². The van der Waals surface area contributed by atoms with Crippen LogP contribution in [0.5, 0.6) is 5.75 Å². The summed E-state index contributed by atoms with van der Waals surface area (Å²) in [4.78, 5) is 15.6. The molecule has 0 atom stereocenters. The standard InChI is InChI=1S/C12H11NO3/c1-2-16-12(15)9-5-8-6-10(14)3-4-11(8)13-7-9/h3-7,14H,2H2,1H3. The quantitative estimate of drug-likeness (QED) is 0.783. The van der Waals surface area contributed by atoms with Crippen molar-refractivity contribution in [3.05, 3.63) is 36.0 Å². The molecule has 16 heavy (non-hydrogen) atoms. The van der Waals surface area contributed by atoms with Gasteiger partial charge in [0.15, 0.2) is 0 Å². The number of aromatic hydroxyl groups is 1. The van der Waals surface area contributed by atoms with Crippen molar-refractivity contribution in [3.63, 3.8) is 0 Å². The van der Waals surface area contributed by atoms with E-state index in [9.17, 15) is 9.90 Å². The molecule has 0 aliphatic carbocycles. The zero-order valence-corrected chi connectivity index (χ0v) is 8.80. The van der Waals surface area contributed by atoms with Gasteiger partial charge in [0.05, 0.1) is 17.7 Å². The van der Waals surface area contributed by atoms with Gasteiger partial charge in [-0.3, -0.25) is 4.98 Å². The van der Waals surface area contributed by atoms with Gasteiger partial charge in [-0.25, -0.2) is 4.79 Å². The molecule has 0 radical (unpaired) electrons. The number of carbonyl (C=O) groups excluding carboxylic acids is 1. The Bertz CT molecular complexity index is 537. The molecular weight excluding hydrogens is 206 g/mol. The Morgan fingerprint density at radius 1 is 1.44 bits per heavy atom. The van der Waals surface area contributed by atoms with Gasteiger partial charge in [0, 0.05) is 11.6 Å². The second kappa shape index (κ2) is 4.18. The summed E-state index contributed by atoms with van der Waals surface area (Å²) in [5.41, 5.74) is 1.12. The van der Waals surface area contributed by atoms with Crippen molar-refractivity contribution in [2.24, 2.45) is 0 Å². The molecule has 1 aromatic heterocycles. The van der Waals surface area contributed by atoms with Gasteiger partial charge < -0.3 is 9.84 Å². The SMILES string of the molecule is CCOC(=O)c1cnc2ccc(O)cc2c1. The lowest BCUT2D eigenvalue weighted by molar-refractivity contribution is 0.0526. The van der Waals surface area contributed by atoms with Gasteiger partial charge >= 0.3 is 5.97 Å². The molecular formula is C12H11NO3. The number of aromatic nitrogens is 1. The lowest BCUT2D eigenvalue weighted by Gasteiger charge is -2.03. The Hall–Kier alpha value is -2.10. The molecule has 0 spiro atoms. The van der Waals surface area contributed by atoms with Gasteiger partial charge in [-0.2, -0.15) is 0 Å². The Labute approximate surface area is 92.5 Å². The van der Waals surface area contributed by atoms with Crippen LogP contribution in [-0.2, 0) is 4.74 Å². The smallest absolute Gasteiger partial charge is 0.339 e. The predicted molar refractivity (Wildman–Crippen MR) is 59.4 cm³/mol. The summed E-state index contributed by atoms with van der Waals surface area (Å²) in [6.07, 6.45) is 1.47. The third-order valence-electron chi connectivity index (χ3n) is 2.18. The highest BCUT2D eigenvalue weighted by molar-refractivity contribution is 5.93. The van der Waals surface area contributed by atoms with Crippen LogP contribution in [0.25, 0.3) is 10.9 Å². The molecule has 0 amide bonds. The van der Waals surface area contributed by atoms with Crippen molar-refractivity contribution >= 4 is 16.9 Å². The third-order valence-corrected chi connectivity index (χ3v) is 2.18. The van der Waals surface area contributed by atoms with Crippen molar-refractivity contribution in [3.8, 4) is 5.75 Å². The first-order chi connectivity index (χ1) is 7.70. The van der Waals surface area contributed by atoms with Crippen LogP contribution >= 0.6 is 0 Å². The number of phenols is 1. The topological polar surface area (TPSA) is 59.4 Å². The van der Waals surface area contributed by atoms with Crippen LogP contribution in [-0.4, -0.2) is 22.7 Å². The van der Waals surface area contributed by atoms with Crippen LogP contribution in [0, 0.1) is 0 Å². The van der Waals surface area contributed by atoms with Crippen LogP contribution in [0.4, 0.5) is 0 Å². The predicted octanol–water partition coefficient (Wildman–Crippen LogP) is 2.12. The highest BCUT2D eigenvalue weighted by Crippen LogP contribution is 2.19. The fraction of sp³-hybridized carbons (Fsp3) is 0.167. The zero-order valence-electron chi connectivity index (χ0n) is 8.80. The summed E-state index contributed by atoms with van der Waals surface area (Å²) in [5.74, 6) is -0.254. The number of ether oxygens (including phenoxy) is 1. The number of esters is 1. The van der Waals surface area contributed by atoms with Gasteiger partial charge in [0.1, 0.15) is 5.75 Å². The summed E-state index contributed by atoms with van der Waals surface area (Å²) in [6, 6.07) is 6.46. The van der Waals surface area contributed by atoms with E-state index in [1.807, 2.05) is 0 Å². The molecule has 0 saturated heterocycles. The van der Waals surface area contributed by atoms with Gasteiger partial charge in [-0.15, -0.1) is 0 Å². The average Bonchev–Trinajstić information content (AvgIpc) is 2.28. The van der Waals surface area contributed by atoms with Crippen LogP contribution in [0.3, 0.4) is 0 Å². The van der Waals surface area contributed by atoms with E-state index in [1.54, 1.807) is 31.2 Å². The first-order valence-electron chi connectivity index (χ1n) is 4.96. The molecule has 0 saturated carbocycles. The summed E-state index contributed by atoms with van der Waals surface area (Å²) in [7, 11) is 0. The van der Waals surface area contributed by atoms with E-state index in [2.05, 4.69) is 4.98 Å². The van der Waals surface area contributed by atoms with Crippen LogP contribution in [0.1, 0.15) is 17.3 Å². The maximum atomic E-state index is 11.4. The maximum Gasteiger partial charge on any atom is 0.339 e. The molecule has 0 fully saturated rings. The highest BCUT2D eigenvalue weighted by Gasteiger charge is 2.07. The number of phenolic OH excluding ortho intramolecular Hbond substituents is 1. The van der Waals surface area contributed by atoms with Gasteiger partial charge in [-0.05, 0) is 31.2 Å². The molecule has 1 heterocycles. The van der Waals surface area contributed by atoms with E-state index in [0.717, 1.165) is 5.52 Å². The van der Waals surface area contributed by atoms with Crippen molar-refractivity contribution in [1.82, 2.24) is 4.98 Å². The van der Waals surface area contributed by atoms with Gasteiger partial charge in [0.2, 0.25) is 0 Å². The normalized spacial score (nSPS) is 10.3. The van der Waals surface area contributed by atoms with Crippen molar-refractivity contribution in [2.75, 3.05) is 6.61 Å². The molecule has 0 unspecified atom stereocenters. The van der Waals surface area contributed by atoms with E-state index in [0.29, 0.717) is 17.6 Å². The number of nitrogens with zero attached hydrogens (tertiary/aromatic N) is 1. The molecule has 0 aliphatic heterocycles. The fourth-order valence-corrected chi connectivity index (χ4v) is 1.45. The molecule has 0 aliphatic rings. The Morgan fingerprint density at radius 3 is 3.00 bits per heavy atom. The molecule has 2 aromatic rings. The van der Waals surface area contributed by atoms with E-state index >= 15 is 0 Å². The molecule has 4 heteroatoms. The molecule has 4 nitrogen and oxygen atoms in total. The molecule has 1 aromatic carbocycles. The lowest BCUT2D eigenvalue weighted by Crippen LogP contribution is -2.04. The lowest BCUT2D eigenvalue weighted by atomic mass is 10.1. The van der Waals surface area contributed by atoms with E-state index in [1.165, 1.54) is 6.20 Å². The second-order valence-electron chi connectivity index (χ2n) is 3.32. The van der Waals surface area contributed by atoms with Crippen LogP contribution in [0.15, 0.2) is 30.5 Å². The Kier molecular flexibility index (Phi) is 2.72. The van der Waals surface area contributed by atoms with E-state index < -0.39 is 5.97 Å². The van der Waals surface area contributed by atoms with Crippen LogP contribution in [0.2, 0.25) is 0 Å². The average molecular weight is 217 g/mol. The zero-order chi connectivity index (χ0) is 11.5. The monoisotopic (exact) mass is 217 g/mol. The summed E-state index contributed by atoms with van der Waals surface area (Å²) >= 11 is 0. The maximum absolute atomic E-state index is 11.4. The number of fused-ring (bicyclic) bond motifs is 1. The summed E-state index contributed by atoms with van der Waals surface area (Å²) in [5, 5.41) is 10.0. The number of rotatable bonds is 2. The number of hydrogen-bond donors (Lipinski definition) is 1. The third kappa shape index (κ3) is 1.95. The number of carbonyl (C=O) groups is 1. The van der Waals surface area contributed by atoms with Crippen LogP contribution < -0.4 is 0 Å². The fourth-order valence-electron chi connectivity index (χ4n) is 1.45. The summed E-state index contributed by atoms with van der Waals surface area (Å²) in [6.45, 7) is 2.08. The highest BCUT2D eigenvalue weighted by atomic mass is 16.5. The molecule has 0 bridgehead atoms.